The van der Waals surface area contributed by atoms with E-state index in [2.05, 4.69) is 47.7 Å². The number of benzene rings is 2. The molecule has 0 aliphatic carbocycles. The van der Waals surface area contributed by atoms with Crippen molar-refractivity contribution in [2.75, 3.05) is 0 Å². The summed E-state index contributed by atoms with van der Waals surface area (Å²) in [6.07, 6.45) is 3.66. The smallest absolute Gasteiger partial charge is 0.169 e. The van der Waals surface area contributed by atoms with Crippen molar-refractivity contribution in [2.24, 2.45) is 0 Å². The fourth-order valence-corrected chi connectivity index (χ4v) is 4.38. The second-order valence-electron chi connectivity index (χ2n) is 6.65. The molecule has 27 heavy (non-hydrogen) atoms. The molecule has 0 spiro atoms. The van der Waals surface area contributed by atoms with Gasteiger partial charge < -0.3 is 4.57 Å². The molecule has 0 radical (unpaired) electrons. The maximum absolute atomic E-state index is 6.40. The zero-order valence-corrected chi connectivity index (χ0v) is 16.9. The Labute approximate surface area is 168 Å². The number of hydrogen-bond donors (Lipinski definition) is 0. The number of imidazole rings is 1. The lowest BCUT2D eigenvalue weighted by Gasteiger charge is -2.11. The molecule has 0 aliphatic rings. The van der Waals surface area contributed by atoms with Crippen LogP contribution in [0.1, 0.15) is 22.3 Å². The lowest BCUT2D eigenvalue weighted by Crippen LogP contribution is -2.02. The molecule has 2 heterocycles. The van der Waals surface area contributed by atoms with Gasteiger partial charge in [-0.05, 0) is 42.7 Å². The Morgan fingerprint density at radius 2 is 1.89 bits per heavy atom. The molecule has 0 saturated heterocycles. The maximum Gasteiger partial charge on any atom is 0.169 e. The number of thioether (sulfide) groups is 1. The number of pyridine rings is 1. The first-order valence-electron chi connectivity index (χ1n) is 8.84. The van der Waals surface area contributed by atoms with E-state index in [1.165, 1.54) is 16.7 Å². The highest BCUT2D eigenvalue weighted by Gasteiger charge is 2.14. The van der Waals surface area contributed by atoms with Crippen molar-refractivity contribution < 1.29 is 0 Å². The van der Waals surface area contributed by atoms with Crippen LogP contribution in [0, 0.1) is 13.8 Å². The molecule has 4 aromatic rings. The Balaban J connectivity index is 1.69. The fraction of sp³-hybridized carbons (Fsp3) is 0.182. The predicted octanol–water partition coefficient (Wildman–Crippen LogP) is 6.04. The molecule has 0 amide bonds. The highest BCUT2D eigenvalue weighted by Crippen LogP contribution is 2.29. The first kappa shape index (κ1) is 18.1. The first-order valence-corrected chi connectivity index (χ1v) is 10.2. The van der Waals surface area contributed by atoms with Crippen LogP contribution in [-0.4, -0.2) is 14.5 Å². The van der Waals surface area contributed by atoms with Gasteiger partial charge in [-0.3, -0.25) is 4.98 Å². The van der Waals surface area contributed by atoms with Crippen LogP contribution in [0.25, 0.3) is 11.0 Å². The van der Waals surface area contributed by atoms with Crippen LogP contribution in [0.15, 0.2) is 66.1 Å². The van der Waals surface area contributed by atoms with Gasteiger partial charge in [0.25, 0.3) is 0 Å². The monoisotopic (exact) mass is 393 g/mol. The SMILES string of the molecule is Cc1ccc(C)c(CSc2nc3ccncc3n2Cc2ccccc2Cl)c1. The molecular weight excluding hydrogens is 374 g/mol. The van der Waals surface area contributed by atoms with Gasteiger partial charge in [-0.2, -0.15) is 0 Å². The third kappa shape index (κ3) is 3.87. The van der Waals surface area contributed by atoms with Crippen molar-refractivity contribution in [2.45, 2.75) is 31.3 Å². The largest absolute Gasteiger partial charge is 0.313 e. The van der Waals surface area contributed by atoms with Crippen LogP contribution >= 0.6 is 23.4 Å². The van der Waals surface area contributed by atoms with E-state index in [0.717, 1.165) is 32.5 Å². The molecule has 2 aromatic heterocycles. The average Bonchev–Trinajstić information content (AvgIpc) is 3.02. The summed E-state index contributed by atoms with van der Waals surface area (Å²) in [6, 6.07) is 16.5. The van der Waals surface area contributed by atoms with Crippen LogP contribution < -0.4 is 0 Å². The summed E-state index contributed by atoms with van der Waals surface area (Å²) in [7, 11) is 0. The third-order valence-corrected chi connectivity index (χ3v) is 6.06. The highest BCUT2D eigenvalue weighted by molar-refractivity contribution is 7.98. The minimum atomic E-state index is 0.678. The second-order valence-corrected chi connectivity index (χ2v) is 8.00. The summed E-state index contributed by atoms with van der Waals surface area (Å²) in [5, 5.41) is 1.76. The van der Waals surface area contributed by atoms with Crippen LogP contribution in [0.5, 0.6) is 0 Å². The number of aromatic nitrogens is 3. The lowest BCUT2D eigenvalue weighted by atomic mass is 10.1. The van der Waals surface area contributed by atoms with E-state index in [-0.39, 0.29) is 0 Å². The Hall–Kier alpha value is -2.30. The van der Waals surface area contributed by atoms with E-state index in [9.17, 15) is 0 Å². The molecule has 0 fully saturated rings. The number of nitrogens with zero attached hydrogens (tertiary/aromatic N) is 3. The highest BCUT2D eigenvalue weighted by atomic mass is 35.5. The summed E-state index contributed by atoms with van der Waals surface area (Å²) in [4.78, 5) is 9.14. The molecule has 0 N–H and O–H groups in total. The summed E-state index contributed by atoms with van der Waals surface area (Å²) in [5.74, 6) is 0.882. The lowest BCUT2D eigenvalue weighted by molar-refractivity contribution is 0.730. The average molecular weight is 394 g/mol. The van der Waals surface area contributed by atoms with Gasteiger partial charge in [0.15, 0.2) is 5.16 Å². The van der Waals surface area contributed by atoms with Crippen LogP contribution in [0.3, 0.4) is 0 Å². The minimum absolute atomic E-state index is 0.678. The number of aryl methyl sites for hydroxylation is 2. The zero-order valence-electron chi connectivity index (χ0n) is 15.3. The Bertz CT molecular complexity index is 1100. The summed E-state index contributed by atoms with van der Waals surface area (Å²) < 4.78 is 2.21. The quantitative estimate of drug-likeness (QED) is 0.387. The van der Waals surface area contributed by atoms with E-state index in [0.29, 0.717) is 6.54 Å². The van der Waals surface area contributed by atoms with Gasteiger partial charge in [0.2, 0.25) is 0 Å². The Morgan fingerprint density at radius 1 is 1.04 bits per heavy atom. The molecule has 0 unspecified atom stereocenters. The molecule has 3 nitrogen and oxygen atoms in total. The van der Waals surface area contributed by atoms with Crippen molar-refractivity contribution in [1.82, 2.24) is 14.5 Å². The minimum Gasteiger partial charge on any atom is -0.313 e. The maximum atomic E-state index is 6.40. The van der Waals surface area contributed by atoms with Gasteiger partial charge in [-0.15, -0.1) is 0 Å². The molecule has 2 aromatic carbocycles. The van der Waals surface area contributed by atoms with Crippen molar-refractivity contribution in [3.8, 4) is 0 Å². The second kappa shape index (κ2) is 7.75. The summed E-state index contributed by atoms with van der Waals surface area (Å²) in [6.45, 7) is 4.97. The standard InChI is InChI=1S/C22H20ClN3S/c1-15-7-8-16(2)18(11-15)14-27-22-25-20-9-10-24-12-21(20)26(22)13-17-5-3-4-6-19(17)23/h3-12H,13-14H2,1-2H3. The number of rotatable bonds is 5. The van der Waals surface area contributed by atoms with E-state index < -0.39 is 0 Å². The first-order chi connectivity index (χ1) is 13.1. The van der Waals surface area contributed by atoms with Crippen molar-refractivity contribution in [3.05, 3.63) is 88.2 Å². The van der Waals surface area contributed by atoms with Gasteiger partial charge >= 0.3 is 0 Å². The molecule has 136 valence electrons. The molecule has 5 heteroatoms. The number of hydrogen-bond acceptors (Lipinski definition) is 3. The van der Waals surface area contributed by atoms with Gasteiger partial charge in [0, 0.05) is 17.0 Å². The van der Waals surface area contributed by atoms with Crippen LogP contribution in [0.4, 0.5) is 0 Å². The molecule has 0 saturated carbocycles. The van der Waals surface area contributed by atoms with Gasteiger partial charge in [0.05, 0.1) is 23.8 Å². The van der Waals surface area contributed by atoms with Crippen molar-refractivity contribution in [1.29, 1.82) is 0 Å². The summed E-state index contributed by atoms with van der Waals surface area (Å²) >= 11 is 8.15. The van der Waals surface area contributed by atoms with E-state index >= 15 is 0 Å². The van der Waals surface area contributed by atoms with E-state index in [1.807, 2.05) is 30.5 Å². The molecule has 0 aliphatic heterocycles. The summed E-state index contributed by atoms with van der Waals surface area (Å²) in [5.41, 5.74) is 7.00. The molecule has 4 rings (SSSR count). The molecule has 0 atom stereocenters. The topological polar surface area (TPSA) is 30.7 Å². The third-order valence-electron chi connectivity index (χ3n) is 4.66. The number of fused-ring (bicyclic) bond motifs is 1. The van der Waals surface area contributed by atoms with Crippen LogP contribution in [-0.2, 0) is 12.3 Å². The van der Waals surface area contributed by atoms with Crippen molar-refractivity contribution in [3.63, 3.8) is 0 Å². The van der Waals surface area contributed by atoms with Gasteiger partial charge in [0.1, 0.15) is 0 Å². The Morgan fingerprint density at radius 3 is 2.74 bits per heavy atom. The van der Waals surface area contributed by atoms with Gasteiger partial charge in [-0.1, -0.05) is 65.3 Å². The fourth-order valence-electron chi connectivity index (χ4n) is 3.11. The number of halogens is 1. The molecule has 0 bridgehead atoms. The van der Waals surface area contributed by atoms with Crippen LogP contribution in [0.2, 0.25) is 5.02 Å². The Kier molecular flexibility index (Phi) is 5.19. The normalized spacial score (nSPS) is 11.2. The molecular formula is C22H20ClN3S. The zero-order chi connectivity index (χ0) is 18.8. The van der Waals surface area contributed by atoms with E-state index in [4.69, 9.17) is 16.6 Å². The van der Waals surface area contributed by atoms with Crippen molar-refractivity contribution >= 4 is 34.4 Å². The predicted molar refractivity (Wildman–Crippen MR) is 114 cm³/mol. The van der Waals surface area contributed by atoms with Gasteiger partial charge in [-0.25, -0.2) is 4.98 Å². The van der Waals surface area contributed by atoms with E-state index in [1.54, 1.807) is 18.0 Å².